The summed E-state index contributed by atoms with van der Waals surface area (Å²) in [6.07, 6.45) is 0. The van der Waals surface area contributed by atoms with Gasteiger partial charge in [-0.05, 0) is 45.0 Å². The van der Waals surface area contributed by atoms with Gasteiger partial charge in [0.05, 0.1) is 18.9 Å². The van der Waals surface area contributed by atoms with Gasteiger partial charge in [-0.1, -0.05) is 0 Å². The van der Waals surface area contributed by atoms with Gasteiger partial charge in [0.1, 0.15) is 15.6 Å². The van der Waals surface area contributed by atoms with E-state index in [0.29, 0.717) is 23.8 Å². The maximum Gasteiger partial charge on any atom is 0.286 e. The number of aryl methyl sites for hydroxylation is 1. The zero-order valence-corrected chi connectivity index (χ0v) is 13.1. The van der Waals surface area contributed by atoms with Crippen LogP contribution < -0.4 is 10.2 Å². The molecule has 6 heteroatoms. The van der Waals surface area contributed by atoms with Gasteiger partial charge in [0.2, 0.25) is 0 Å². The largest absolute Gasteiger partial charge is 0.494 e. The monoisotopic (exact) mass is 306 g/mol. The Kier molecular flexibility index (Phi) is 5.30. The Labute approximate surface area is 127 Å². The van der Waals surface area contributed by atoms with Crippen molar-refractivity contribution in [3.63, 3.8) is 0 Å². The van der Waals surface area contributed by atoms with Crippen LogP contribution in [0, 0.1) is 6.92 Å². The second kappa shape index (κ2) is 7.19. The van der Waals surface area contributed by atoms with Gasteiger partial charge >= 0.3 is 0 Å². The predicted molar refractivity (Wildman–Crippen MR) is 82.5 cm³/mol. The lowest BCUT2D eigenvalue weighted by Gasteiger charge is -2.03. The van der Waals surface area contributed by atoms with Crippen LogP contribution >= 0.6 is 11.3 Å². The van der Waals surface area contributed by atoms with Gasteiger partial charge in [0.15, 0.2) is 0 Å². The Bertz CT molecular complexity index is 608. The Morgan fingerprint density at radius 1 is 1.24 bits per heavy atom. The first-order chi connectivity index (χ1) is 10.2. The number of nitrogens with one attached hydrogen (secondary N) is 1. The maximum absolute atomic E-state index is 11.9. The SMILES string of the molecule is CCONC(=O)c1sc(-c2ccc(OCC)cc2)nc1C. The molecular weight excluding hydrogens is 288 g/mol. The summed E-state index contributed by atoms with van der Waals surface area (Å²) in [4.78, 5) is 21.9. The molecule has 0 atom stereocenters. The molecule has 1 heterocycles. The zero-order chi connectivity index (χ0) is 15.2. The van der Waals surface area contributed by atoms with Crippen LogP contribution in [0.2, 0.25) is 0 Å². The Morgan fingerprint density at radius 2 is 1.95 bits per heavy atom. The molecule has 0 radical (unpaired) electrons. The lowest BCUT2D eigenvalue weighted by molar-refractivity contribution is 0.0367. The third-order valence-electron chi connectivity index (χ3n) is 2.72. The van der Waals surface area contributed by atoms with Gasteiger partial charge in [0.25, 0.3) is 5.91 Å². The van der Waals surface area contributed by atoms with Crippen molar-refractivity contribution in [3.8, 4) is 16.3 Å². The molecule has 0 aliphatic carbocycles. The van der Waals surface area contributed by atoms with Crippen molar-refractivity contribution in [1.82, 2.24) is 10.5 Å². The van der Waals surface area contributed by atoms with Crippen molar-refractivity contribution in [3.05, 3.63) is 34.8 Å². The van der Waals surface area contributed by atoms with Crippen LogP contribution in [0.25, 0.3) is 10.6 Å². The number of nitrogens with zero attached hydrogens (tertiary/aromatic N) is 1. The van der Waals surface area contributed by atoms with E-state index in [9.17, 15) is 4.79 Å². The molecule has 0 aliphatic rings. The number of aromatic nitrogens is 1. The second-order valence-corrected chi connectivity index (χ2v) is 5.25. The fourth-order valence-electron chi connectivity index (χ4n) is 1.78. The fourth-order valence-corrected chi connectivity index (χ4v) is 2.73. The van der Waals surface area contributed by atoms with Crippen LogP contribution in [-0.2, 0) is 4.84 Å². The van der Waals surface area contributed by atoms with E-state index in [1.54, 1.807) is 0 Å². The van der Waals surface area contributed by atoms with Crippen LogP contribution in [0.15, 0.2) is 24.3 Å². The molecule has 0 spiro atoms. The minimum absolute atomic E-state index is 0.260. The quantitative estimate of drug-likeness (QED) is 0.833. The van der Waals surface area contributed by atoms with Crippen molar-refractivity contribution in [2.75, 3.05) is 13.2 Å². The normalized spacial score (nSPS) is 10.4. The first-order valence-electron chi connectivity index (χ1n) is 6.78. The van der Waals surface area contributed by atoms with Gasteiger partial charge in [0, 0.05) is 5.56 Å². The van der Waals surface area contributed by atoms with Crippen molar-refractivity contribution in [2.24, 2.45) is 0 Å². The van der Waals surface area contributed by atoms with Crippen LogP contribution in [0.3, 0.4) is 0 Å². The highest BCUT2D eigenvalue weighted by molar-refractivity contribution is 7.17. The van der Waals surface area contributed by atoms with E-state index in [4.69, 9.17) is 9.57 Å². The van der Waals surface area contributed by atoms with Crippen molar-refractivity contribution < 1.29 is 14.4 Å². The van der Waals surface area contributed by atoms with Crippen LogP contribution in [0.5, 0.6) is 5.75 Å². The number of rotatable bonds is 6. The van der Waals surface area contributed by atoms with Crippen LogP contribution in [-0.4, -0.2) is 24.1 Å². The summed E-state index contributed by atoms with van der Waals surface area (Å²) in [5.41, 5.74) is 4.05. The fraction of sp³-hybridized carbons (Fsp3) is 0.333. The van der Waals surface area contributed by atoms with E-state index < -0.39 is 0 Å². The van der Waals surface area contributed by atoms with Crippen molar-refractivity contribution in [1.29, 1.82) is 0 Å². The molecule has 112 valence electrons. The van der Waals surface area contributed by atoms with E-state index in [1.165, 1.54) is 11.3 Å². The average molecular weight is 306 g/mol. The van der Waals surface area contributed by atoms with Gasteiger partial charge in [-0.3, -0.25) is 9.63 Å². The first-order valence-corrected chi connectivity index (χ1v) is 7.60. The molecule has 0 saturated heterocycles. The van der Waals surface area contributed by atoms with E-state index in [1.807, 2.05) is 45.0 Å². The van der Waals surface area contributed by atoms with E-state index in [2.05, 4.69) is 10.5 Å². The van der Waals surface area contributed by atoms with Crippen molar-refractivity contribution >= 4 is 17.2 Å². The third kappa shape index (κ3) is 3.80. The molecule has 0 bridgehead atoms. The molecule has 1 aromatic heterocycles. The summed E-state index contributed by atoms with van der Waals surface area (Å²) < 4.78 is 5.41. The topological polar surface area (TPSA) is 60.5 Å². The summed E-state index contributed by atoms with van der Waals surface area (Å²) in [5, 5.41) is 0.803. The van der Waals surface area contributed by atoms with E-state index >= 15 is 0 Å². The minimum Gasteiger partial charge on any atom is -0.494 e. The van der Waals surface area contributed by atoms with Gasteiger partial charge in [-0.15, -0.1) is 11.3 Å². The Morgan fingerprint density at radius 3 is 2.57 bits per heavy atom. The lowest BCUT2D eigenvalue weighted by atomic mass is 10.2. The number of amides is 1. The molecule has 0 aliphatic heterocycles. The van der Waals surface area contributed by atoms with Gasteiger partial charge < -0.3 is 4.74 Å². The molecule has 0 saturated carbocycles. The summed E-state index contributed by atoms with van der Waals surface area (Å²) in [5.74, 6) is 0.563. The molecule has 0 fully saturated rings. The van der Waals surface area contributed by atoms with Crippen LogP contribution in [0.1, 0.15) is 29.2 Å². The Hall–Kier alpha value is -1.92. The molecule has 1 N–H and O–H groups in total. The van der Waals surface area contributed by atoms with Gasteiger partial charge in [-0.25, -0.2) is 10.5 Å². The third-order valence-corrected chi connectivity index (χ3v) is 3.93. The number of carbonyl (C=O) groups is 1. The zero-order valence-electron chi connectivity index (χ0n) is 12.3. The number of benzene rings is 1. The summed E-state index contributed by atoms with van der Waals surface area (Å²) >= 11 is 1.35. The minimum atomic E-state index is -0.260. The van der Waals surface area contributed by atoms with E-state index in [0.717, 1.165) is 16.3 Å². The molecule has 1 amide bonds. The smallest absolute Gasteiger partial charge is 0.286 e. The number of hydroxylamine groups is 1. The number of hydrogen-bond acceptors (Lipinski definition) is 5. The molecule has 1 aromatic carbocycles. The van der Waals surface area contributed by atoms with Crippen LogP contribution in [0.4, 0.5) is 0 Å². The number of carbonyl (C=O) groups excluding carboxylic acids is 1. The highest BCUT2D eigenvalue weighted by Gasteiger charge is 2.16. The summed E-state index contributed by atoms with van der Waals surface area (Å²) in [6.45, 7) is 6.63. The second-order valence-electron chi connectivity index (χ2n) is 4.26. The van der Waals surface area contributed by atoms with Crippen molar-refractivity contribution in [2.45, 2.75) is 20.8 Å². The number of thiazole rings is 1. The first kappa shape index (κ1) is 15.5. The van der Waals surface area contributed by atoms with E-state index in [-0.39, 0.29) is 5.91 Å². The number of ether oxygens (including phenoxy) is 1. The average Bonchev–Trinajstić information content (AvgIpc) is 2.88. The Balaban J connectivity index is 2.19. The molecular formula is C15H18N2O3S. The van der Waals surface area contributed by atoms with Gasteiger partial charge in [-0.2, -0.15) is 0 Å². The molecule has 5 nitrogen and oxygen atoms in total. The number of hydrogen-bond donors (Lipinski definition) is 1. The summed E-state index contributed by atoms with van der Waals surface area (Å²) in [6, 6.07) is 7.67. The lowest BCUT2D eigenvalue weighted by Crippen LogP contribution is -2.23. The molecule has 0 unspecified atom stereocenters. The molecule has 2 rings (SSSR count). The highest BCUT2D eigenvalue weighted by Crippen LogP contribution is 2.29. The maximum atomic E-state index is 11.9. The molecule has 2 aromatic rings. The summed E-state index contributed by atoms with van der Waals surface area (Å²) in [7, 11) is 0. The standard InChI is InChI=1S/C15H18N2O3S/c1-4-19-12-8-6-11(7-9-12)15-16-10(3)13(21-15)14(18)17-20-5-2/h6-9H,4-5H2,1-3H3,(H,17,18). The highest BCUT2D eigenvalue weighted by atomic mass is 32.1. The molecule has 21 heavy (non-hydrogen) atoms. The predicted octanol–water partition coefficient (Wildman–Crippen LogP) is 3.20.